The number of sulfonamides is 1. The first-order valence-electron chi connectivity index (χ1n) is 7.58. The van der Waals surface area contributed by atoms with Crippen molar-refractivity contribution >= 4 is 22.1 Å². The van der Waals surface area contributed by atoms with Crippen LogP contribution >= 0.6 is 0 Å². The molecule has 0 radical (unpaired) electrons. The summed E-state index contributed by atoms with van der Waals surface area (Å²) in [6.45, 7) is 2.63. The number of nitrogens with zero attached hydrogens (tertiary/aromatic N) is 1. The van der Waals surface area contributed by atoms with Crippen LogP contribution in [0.25, 0.3) is 6.08 Å². The van der Waals surface area contributed by atoms with E-state index in [2.05, 4.69) is 4.72 Å². The van der Waals surface area contributed by atoms with Gasteiger partial charge >= 0.3 is 6.03 Å². The topological polar surface area (TPSA) is 66.5 Å². The third kappa shape index (κ3) is 4.59. The van der Waals surface area contributed by atoms with E-state index < -0.39 is 16.1 Å². The van der Waals surface area contributed by atoms with Gasteiger partial charge < -0.3 is 4.90 Å². The first-order chi connectivity index (χ1) is 10.5. The van der Waals surface area contributed by atoms with Gasteiger partial charge in [-0.25, -0.2) is 17.9 Å². The second-order valence-corrected chi connectivity index (χ2v) is 6.98. The molecule has 0 saturated carbocycles. The SMILES string of the molecule is CCC1CCCCN1C(=O)NS(=O)(=O)C=Cc1ccccc1. The van der Waals surface area contributed by atoms with Gasteiger partial charge in [-0.1, -0.05) is 37.3 Å². The lowest BCUT2D eigenvalue weighted by Crippen LogP contribution is -2.49. The molecule has 1 N–H and O–H groups in total. The molecule has 1 aliphatic rings. The molecule has 2 amide bonds. The quantitative estimate of drug-likeness (QED) is 0.927. The number of amides is 2. The van der Waals surface area contributed by atoms with Crippen molar-refractivity contribution in [3.8, 4) is 0 Å². The lowest BCUT2D eigenvalue weighted by Gasteiger charge is -2.34. The van der Waals surface area contributed by atoms with E-state index in [9.17, 15) is 13.2 Å². The molecular formula is C16H22N2O3S. The van der Waals surface area contributed by atoms with Crippen molar-refractivity contribution in [1.82, 2.24) is 9.62 Å². The Bertz CT molecular complexity index is 626. The Hall–Kier alpha value is -1.82. The van der Waals surface area contributed by atoms with Gasteiger partial charge in [0.1, 0.15) is 0 Å². The average molecular weight is 322 g/mol. The molecule has 22 heavy (non-hydrogen) atoms. The van der Waals surface area contributed by atoms with Crippen LogP contribution in [0.5, 0.6) is 0 Å². The van der Waals surface area contributed by atoms with E-state index >= 15 is 0 Å². The molecule has 0 aromatic heterocycles. The maximum atomic E-state index is 12.2. The monoisotopic (exact) mass is 322 g/mol. The number of likely N-dealkylation sites (tertiary alicyclic amines) is 1. The highest BCUT2D eigenvalue weighted by Gasteiger charge is 2.27. The van der Waals surface area contributed by atoms with Crippen molar-refractivity contribution in [2.24, 2.45) is 0 Å². The number of hydrogen-bond acceptors (Lipinski definition) is 3. The van der Waals surface area contributed by atoms with Crippen LogP contribution in [0.3, 0.4) is 0 Å². The number of carbonyl (C=O) groups excluding carboxylic acids is 1. The first kappa shape index (κ1) is 16.5. The molecule has 0 spiro atoms. The zero-order chi connectivity index (χ0) is 16.0. The zero-order valence-corrected chi connectivity index (χ0v) is 13.6. The predicted octanol–water partition coefficient (Wildman–Crippen LogP) is 2.96. The van der Waals surface area contributed by atoms with E-state index in [0.717, 1.165) is 36.7 Å². The summed E-state index contributed by atoms with van der Waals surface area (Å²) in [6.07, 6.45) is 5.26. The van der Waals surface area contributed by atoms with Crippen LogP contribution in [0, 0.1) is 0 Å². The second-order valence-electron chi connectivity index (χ2n) is 5.42. The number of piperidine rings is 1. The maximum absolute atomic E-state index is 12.2. The van der Waals surface area contributed by atoms with Crippen molar-refractivity contribution < 1.29 is 13.2 Å². The molecule has 1 atom stereocenters. The molecule has 2 rings (SSSR count). The largest absolute Gasteiger partial charge is 0.331 e. The minimum atomic E-state index is -3.78. The molecule has 6 heteroatoms. The summed E-state index contributed by atoms with van der Waals surface area (Å²) < 4.78 is 26.1. The second kappa shape index (κ2) is 7.45. The Kier molecular flexibility index (Phi) is 5.60. The third-order valence-corrected chi connectivity index (χ3v) is 4.78. The molecule has 1 aromatic carbocycles. The predicted molar refractivity (Wildman–Crippen MR) is 87.6 cm³/mol. The van der Waals surface area contributed by atoms with Gasteiger partial charge in [-0.2, -0.15) is 0 Å². The summed E-state index contributed by atoms with van der Waals surface area (Å²) in [7, 11) is -3.78. The van der Waals surface area contributed by atoms with Crippen molar-refractivity contribution in [3.05, 3.63) is 41.3 Å². The number of benzene rings is 1. The van der Waals surface area contributed by atoms with E-state index in [1.807, 2.05) is 25.1 Å². The van der Waals surface area contributed by atoms with Gasteiger partial charge in [0.2, 0.25) is 0 Å². The lowest BCUT2D eigenvalue weighted by molar-refractivity contribution is 0.154. The number of urea groups is 1. The van der Waals surface area contributed by atoms with E-state index in [1.54, 1.807) is 17.0 Å². The molecule has 1 aliphatic heterocycles. The van der Waals surface area contributed by atoms with E-state index in [-0.39, 0.29) is 6.04 Å². The minimum absolute atomic E-state index is 0.127. The standard InChI is InChI=1S/C16H22N2O3S/c1-2-15-10-6-7-12-18(15)16(19)17-22(20,21)13-11-14-8-4-3-5-9-14/h3-5,8-9,11,13,15H,2,6-7,10,12H2,1H3,(H,17,19). The van der Waals surface area contributed by atoms with Gasteiger partial charge in [-0.15, -0.1) is 0 Å². The normalized spacial score (nSPS) is 19.3. The molecule has 1 saturated heterocycles. The highest BCUT2D eigenvalue weighted by Crippen LogP contribution is 2.19. The van der Waals surface area contributed by atoms with Crippen LogP contribution < -0.4 is 4.72 Å². The van der Waals surface area contributed by atoms with Crippen LogP contribution in [0.2, 0.25) is 0 Å². The van der Waals surface area contributed by atoms with Gasteiger partial charge in [-0.05, 0) is 37.3 Å². The molecule has 0 aliphatic carbocycles. The highest BCUT2D eigenvalue weighted by atomic mass is 32.2. The minimum Gasteiger partial charge on any atom is -0.321 e. The Balaban J connectivity index is 2.01. The summed E-state index contributed by atoms with van der Waals surface area (Å²) in [5.74, 6) is 0. The Morgan fingerprint density at radius 1 is 1.32 bits per heavy atom. The summed E-state index contributed by atoms with van der Waals surface area (Å²) in [5, 5.41) is 1.03. The van der Waals surface area contributed by atoms with Crippen molar-refractivity contribution in [1.29, 1.82) is 0 Å². The molecule has 1 heterocycles. The van der Waals surface area contributed by atoms with E-state index in [1.165, 1.54) is 6.08 Å². The zero-order valence-electron chi connectivity index (χ0n) is 12.7. The molecule has 1 fully saturated rings. The van der Waals surface area contributed by atoms with Crippen LogP contribution in [0.4, 0.5) is 4.79 Å². The molecule has 120 valence electrons. The Labute approximate surface area is 132 Å². The number of hydrogen-bond donors (Lipinski definition) is 1. The smallest absolute Gasteiger partial charge is 0.321 e. The van der Waals surface area contributed by atoms with E-state index in [0.29, 0.717) is 6.54 Å². The Morgan fingerprint density at radius 3 is 2.73 bits per heavy atom. The molecular weight excluding hydrogens is 300 g/mol. The Morgan fingerprint density at radius 2 is 2.05 bits per heavy atom. The molecule has 1 unspecified atom stereocenters. The van der Waals surface area contributed by atoms with Crippen LogP contribution in [-0.4, -0.2) is 31.9 Å². The summed E-state index contributed by atoms with van der Waals surface area (Å²) >= 11 is 0. The van der Waals surface area contributed by atoms with Crippen LogP contribution in [-0.2, 0) is 10.0 Å². The van der Waals surface area contributed by atoms with Crippen molar-refractivity contribution in [2.45, 2.75) is 38.6 Å². The fourth-order valence-corrected chi connectivity index (χ4v) is 3.40. The molecule has 5 nitrogen and oxygen atoms in total. The van der Waals surface area contributed by atoms with E-state index in [4.69, 9.17) is 0 Å². The summed E-state index contributed by atoms with van der Waals surface area (Å²) in [6, 6.07) is 8.70. The number of nitrogens with one attached hydrogen (secondary N) is 1. The fourth-order valence-electron chi connectivity index (χ4n) is 2.64. The van der Waals surface area contributed by atoms with Gasteiger partial charge in [-0.3, -0.25) is 0 Å². The number of carbonyl (C=O) groups is 1. The summed E-state index contributed by atoms with van der Waals surface area (Å²) in [5.41, 5.74) is 0.768. The van der Waals surface area contributed by atoms with Gasteiger partial charge in [0.15, 0.2) is 0 Å². The average Bonchev–Trinajstić information content (AvgIpc) is 2.53. The maximum Gasteiger partial charge on any atom is 0.331 e. The molecule has 1 aromatic rings. The number of rotatable bonds is 4. The van der Waals surface area contributed by atoms with Crippen LogP contribution in [0.15, 0.2) is 35.7 Å². The lowest BCUT2D eigenvalue weighted by atomic mass is 10.0. The van der Waals surface area contributed by atoms with Gasteiger partial charge in [0.05, 0.1) is 5.41 Å². The summed E-state index contributed by atoms with van der Waals surface area (Å²) in [4.78, 5) is 13.8. The van der Waals surface area contributed by atoms with Gasteiger partial charge in [0.25, 0.3) is 10.0 Å². The van der Waals surface area contributed by atoms with Crippen molar-refractivity contribution in [2.75, 3.05) is 6.54 Å². The van der Waals surface area contributed by atoms with Crippen LogP contribution in [0.1, 0.15) is 38.2 Å². The van der Waals surface area contributed by atoms with Crippen molar-refractivity contribution in [3.63, 3.8) is 0 Å². The molecule has 0 bridgehead atoms. The fraction of sp³-hybridized carbons (Fsp3) is 0.438. The first-order valence-corrected chi connectivity index (χ1v) is 9.13. The van der Waals surface area contributed by atoms with Gasteiger partial charge in [0, 0.05) is 12.6 Å². The third-order valence-electron chi connectivity index (χ3n) is 3.83. The highest BCUT2D eigenvalue weighted by molar-refractivity contribution is 7.93.